The molecule has 0 aliphatic carbocycles. The molecular formula is C18H19N7O. The number of carbonyl (C=O) groups is 1. The minimum absolute atomic E-state index is 0.00158. The molecule has 1 aromatic carbocycles. The molecule has 0 bridgehead atoms. The normalized spacial score (nSPS) is 16.7. The van der Waals surface area contributed by atoms with E-state index in [4.69, 9.17) is 0 Å². The molecule has 0 radical (unpaired) electrons. The molecule has 0 saturated carbocycles. The summed E-state index contributed by atoms with van der Waals surface area (Å²) in [5.74, 6) is 1.46. The number of benzene rings is 1. The summed E-state index contributed by atoms with van der Waals surface area (Å²) in [4.78, 5) is 23.2. The van der Waals surface area contributed by atoms with Gasteiger partial charge in [0.2, 0.25) is 0 Å². The van der Waals surface area contributed by atoms with Crippen molar-refractivity contribution in [2.24, 2.45) is 7.05 Å². The Kier molecular flexibility index (Phi) is 4.30. The summed E-state index contributed by atoms with van der Waals surface area (Å²) in [5, 5.41) is 11.3. The maximum Gasteiger partial charge on any atom is 0.254 e. The number of anilines is 2. The van der Waals surface area contributed by atoms with Gasteiger partial charge in [0.15, 0.2) is 5.82 Å². The van der Waals surface area contributed by atoms with Crippen LogP contribution in [0.15, 0.2) is 49.2 Å². The van der Waals surface area contributed by atoms with Crippen LogP contribution < -0.4 is 5.32 Å². The second-order valence-electron chi connectivity index (χ2n) is 6.25. The molecule has 26 heavy (non-hydrogen) atoms. The van der Waals surface area contributed by atoms with Crippen LogP contribution in [-0.4, -0.2) is 42.1 Å². The van der Waals surface area contributed by atoms with Crippen molar-refractivity contribution in [2.75, 3.05) is 11.9 Å². The highest BCUT2D eigenvalue weighted by atomic mass is 16.2. The fourth-order valence-electron chi connectivity index (χ4n) is 3.28. The SMILES string of the molecule is Cn1cnnc1C1CCCN1C(=O)c1cccc(Nc2cnccn2)c1. The third kappa shape index (κ3) is 3.13. The minimum Gasteiger partial charge on any atom is -0.339 e. The summed E-state index contributed by atoms with van der Waals surface area (Å²) < 4.78 is 1.88. The van der Waals surface area contributed by atoms with Crippen molar-refractivity contribution in [1.29, 1.82) is 0 Å². The number of aryl methyl sites for hydroxylation is 1. The molecule has 1 unspecified atom stereocenters. The zero-order chi connectivity index (χ0) is 17.9. The molecular weight excluding hydrogens is 330 g/mol. The molecule has 1 fully saturated rings. The summed E-state index contributed by atoms with van der Waals surface area (Å²) in [6.07, 6.45) is 8.40. The Morgan fingerprint density at radius 2 is 2.23 bits per heavy atom. The van der Waals surface area contributed by atoms with E-state index < -0.39 is 0 Å². The number of amides is 1. The van der Waals surface area contributed by atoms with E-state index in [2.05, 4.69) is 25.5 Å². The van der Waals surface area contributed by atoms with E-state index in [1.165, 1.54) is 0 Å². The average molecular weight is 349 g/mol. The number of hydrogen-bond donors (Lipinski definition) is 1. The maximum atomic E-state index is 13.1. The third-order valence-electron chi connectivity index (χ3n) is 4.50. The van der Waals surface area contributed by atoms with Gasteiger partial charge in [-0.15, -0.1) is 10.2 Å². The highest BCUT2D eigenvalue weighted by molar-refractivity contribution is 5.95. The van der Waals surface area contributed by atoms with Crippen molar-refractivity contribution < 1.29 is 4.79 Å². The zero-order valence-corrected chi connectivity index (χ0v) is 14.4. The number of aromatic nitrogens is 5. The molecule has 1 N–H and O–H groups in total. The lowest BCUT2D eigenvalue weighted by molar-refractivity contribution is 0.0728. The molecule has 1 saturated heterocycles. The molecule has 8 nitrogen and oxygen atoms in total. The summed E-state index contributed by atoms with van der Waals surface area (Å²) in [6.45, 7) is 0.720. The fraction of sp³-hybridized carbons (Fsp3) is 0.278. The van der Waals surface area contributed by atoms with Gasteiger partial charge in [-0.1, -0.05) is 6.07 Å². The smallest absolute Gasteiger partial charge is 0.254 e. The maximum absolute atomic E-state index is 13.1. The first-order chi connectivity index (χ1) is 12.7. The van der Waals surface area contributed by atoms with Crippen molar-refractivity contribution in [3.8, 4) is 0 Å². The van der Waals surface area contributed by atoms with Gasteiger partial charge in [-0.3, -0.25) is 9.78 Å². The van der Waals surface area contributed by atoms with E-state index in [0.717, 1.165) is 30.9 Å². The largest absolute Gasteiger partial charge is 0.339 e. The highest BCUT2D eigenvalue weighted by Crippen LogP contribution is 2.32. The van der Waals surface area contributed by atoms with Crippen LogP contribution in [0.2, 0.25) is 0 Å². The lowest BCUT2D eigenvalue weighted by atomic mass is 10.1. The van der Waals surface area contributed by atoms with E-state index in [-0.39, 0.29) is 11.9 Å². The van der Waals surface area contributed by atoms with Gasteiger partial charge in [0, 0.05) is 37.2 Å². The van der Waals surface area contributed by atoms with Crippen LogP contribution in [0.5, 0.6) is 0 Å². The van der Waals surface area contributed by atoms with Crippen molar-refractivity contribution in [3.05, 3.63) is 60.6 Å². The quantitative estimate of drug-likeness (QED) is 0.778. The zero-order valence-electron chi connectivity index (χ0n) is 14.4. The van der Waals surface area contributed by atoms with E-state index in [9.17, 15) is 4.79 Å². The van der Waals surface area contributed by atoms with Crippen LogP contribution in [0.1, 0.15) is 35.1 Å². The first kappa shape index (κ1) is 16.2. The van der Waals surface area contributed by atoms with Gasteiger partial charge in [-0.25, -0.2) is 4.98 Å². The van der Waals surface area contributed by atoms with E-state index in [1.807, 2.05) is 40.8 Å². The van der Waals surface area contributed by atoms with Crippen LogP contribution in [0, 0.1) is 0 Å². The second-order valence-corrected chi connectivity index (χ2v) is 6.25. The first-order valence-electron chi connectivity index (χ1n) is 8.50. The number of hydrogen-bond acceptors (Lipinski definition) is 6. The standard InChI is InChI=1S/C18H19N7O/c1-24-12-21-23-17(24)15-6-3-9-25(15)18(26)13-4-2-5-14(10-13)22-16-11-19-7-8-20-16/h2,4-5,7-8,10-12,15H,3,6,9H2,1H3,(H,20,22). The van der Waals surface area contributed by atoms with E-state index in [1.54, 1.807) is 24.9 Å². The summed E-state index contributed by atoms with van der Waals surface area (Å²) in [7, 11) is 1.90. The molecule has 1 aliphatic rings. The predicted molar refractivity (Wildman–Crippen MR) is 95.8 cm³/mol. The average Bonchev–Trinajstić information content (AvgIpc) is 3.30. The number of nitrogens with zero attached hydrogens (tertiary/aromatic N) is 6. The number of likely N-dealkylation sites (tertiary alicyclic amines) is 1. The topological polar surface area (TPSA) is 88.8 Å². The lowest BCUT2D eigenvalue weighted by Gasteiger charge is -2.24. The summed E-state index contributed by atoms with van der Waals surface area (Å²) >= 11 is 0. The number of carbonyl (C=O) groups excluding carboxylic acids is 1. The summed E-state index contributed by atoms with van der Waals surface area (Å²) in [5.41, 5.74) is 1.43. The Morgan fingerprint density at radius 1 is 1.31 bits per heavy atom. The van der Waals surface area contributed by atoms with Crippen LogP contribution in [-0.2, 0) is 7.05 Å². The van der Waals surface area contributed by atoms with E-state index >= 15 is 0 Å². The van der Waals surface area contributed by atoms with Crippen LogP contribution in [0.4, 0.5) is 11.5 Å². The molecule has 1 atom stereocenters. The number of nitrogens with one attached hydrogen (secondary N) is 1. The van der Waals surface area contributed by atoms with Gasteiger partial charge in [0.05, 0.1) is 12.2 Å². The Balaban J connectivity index is 1.56. The molecule has 2 aromatic heterocycles. The van der Waals surface area contributed by atoms with Gasteiger partial charge < -0.3 is 14.8 Å². The molecule has 3 heterocycles. The Bertz CT molecular complexity index is 909. The molecule has 0 spiro atoms. The van der Waals surface area contributed by atoms with Crippen molar-refractivity contribution in [2.45, 2.75) is 18.9 Å². The molecule has 3 aromatic rings. The Morgan fingerprint density at radius 3 is 3.00 bits per heavy atom. The number of rotatable bonds is 4. The van der Waals surface area contributed by atoms with Gasteiger partial charge >= 0.3 is 0 Å². The third-order valence-corrected chi connectivity index (χ3v) is 4.50. The van der Waals surface area contributed by atoms with Crippen LogP contribution >= 0.6 is 0 Å². The van der Waals surface area contributed by atoms with Crippen molar-refractivity contribution >= 4 is 17.4 Å². The van der Waals surface area contributed by atoms with Crippen LogP contribution in [0.3, 0.4) is 0 Å². The monoisotopic (exact) mass is 349 g/mol. The van der Waals surface area contributed by atoms with Gasteiger partial charge in [-0.2, -0.15) is 0 Å². The molecule has 4 rings (SSSR count). The first-order valence-corrected chi connectivity index (χ1v) is 8.50. The minimum atomic E-state index is -0.0356. The lowest BCUT2D eigenvalue weighted by Crippen LogP contribution is -2.31. The Labute approximate surface area is 150 Å². The molecule has 1 aliphatic heterocycles. The van der Waals surface area contributed by atoms with Crippen molar-refractivity contribution in [3.63, 3.8) is 0 Å². The van der Waals surface area contributed by atoms with Crippen LogP contribution in [0.25, 0.3) is 0 Å². The van der Waals surface area contributed by atoms with Gasteiger partial charge in [0.25, 0.3) is 5.91 Å². The molecule has 1 amide bonds. The Hall–Kier alpha value is -3.29. The van der Waals surface area contributed by atoms with Gasteiger partial charge in [0.1, 0.15) is 12.1 Å². The van der Waals surface area contributed by atoms with Gasteiger partial charge in [-0.05, 0) is 31.0 Å². The second kappa shape index (κ2) is 6.91. The fourth-order valence-corrected chi connectivity index (χ4v) is 3.28. The van der Waals surface area contributed by atoms with Crippen molar-refractivity contribution in [1.82, 2.24) is 29.6 Å². The molecule has 8 heteroatoms. The predicted octanol–water partition coefficient (Wildman–Crippen LogP) is 2.33. The summed E-state index contributed by atoms with van der Waals surface area (Å²) in [6, 6.07) is 7.39. The van der Waals surface area contributed by atoms with E-state index in [0.29, 0.717) is 11.4 Å². The molecule has 132 valence electrons. The highest BCUT2D eigenvalue weighted by Gasteiger charge is 2.33.